The zero-order valence-electron chi connectivity index (χ0n) is 16.1. The van der Waals surface area contributed by atoms with E-state index >= 15 is 0 Å². The van der Waals surface area contributed by atoms with E-state index in [2.05, 4.69) is 11.8 Å². The van der Waals surface area contributed by atoms with Crippen LogP contribution in [0.5, 0.6) is 5.75 Å². The van der Waals surface area contributed by atoms with Gasteiger partial charge < -0.3 is 9.29 Å². The monoisotopic (exact) mass is 438 g/mol. The SMILES string of the molecule is CS(=O)(=O)CCCCOc1ccc(C#Cc2ccc(CCS(=O)O)c(F)c2)cc1. The third-order valence-corrected chi connectivity index (χ3v) is 5.57. The maximum absolute atomic E-state index is 14.0. The first-order valence-corrected chi connectivity index (χ1v) is 12.3. The van der Waals surface area contributed by atoms with Gasteiger partial charge in [-0.1, -0.05) is 17.9 Å². The van der Waals surface area contributed by atoms with Crippen molar-refractivity contribution < 1.29 is 26.3 Å². The van der Waals surface area contributed by atoms with Gasteiger partial charge in [0, 0.05) is 17.4 Å². The van der Waals surface area contributed by atoms with Gasteiger partial charge in [-0.05, 0) is 61.2 Å². The predicted octanol–water partition coefficient (Wildman–Crippen LogP) is 3.19. The summed E-state index contributed by atoms with van der Waals surface area (Å²) >= 11 is -1.95. The molecular formula is C21H23FO5S2. The molecule has 0 saturated carbocycles. The van der Waals surface area contributed by atoms with Crippen molar-refractivity contribution in [2.45, 2.75) is 19.3 Å². The van der Waals surface area contributed by atoms with Crippen LogP contribution in [-0.4, -0.2) is 41.5 Å². The van der Waals surface area contributed by atoms with Crippen LogP contribution in [-0.2, 0) is 27.3 Å². The molecule has 0 fully saturated rings. The summed E-state index contributed by atoms with van der Waals surface area (Å²) in [4.78, 5) is 0. The van der Waals surface area contributed by atoms with E-state index in [0.29, 0.717) is 36.3 Å². The number of halogens is 1. The number of aryl methyl sites for hydroxylation is 1. The first kappa shape index (κ1) is 23.1. The average molecular weight is 439 g/mol. The molecule has 2 rings (SSSR count). The highest BCUT2D eigenvalue weighted by molar-refractivity contribution is 7.90. The lowest BCUT2D eigenvalue weighted by Gasteiger charge is -2.05. The normalized spacial score (nSPS) is 12.1. The zero-order valence-corrected chi connectivity index (χ0v) is 17.7. The van der Waals surface area contributed by atoms with Crippen LogP contribution in [0.4, 0.5) is 4.39 Å². The highest BCUT2D eigenvalue weighted by Gasteiger charge is 2.05. The summed E-state index contributed by atoms with van der Waals surface area (Å²) in [6.45, 7) is 0.441. The number of sulfone groups is 1. The summed E-state index contributed by atoms with van der Waals surface area (Å²) in [5.74, 6) is 6.23. The van der Waals surface area contributed by atoms with E-state index in [1.54, 1.807) is 36.4 Å². The van der Waals surface area contributed by atoms with Crippen molar-refractivity contribution in [1.29, 1.82) is 0 Å². The van der Waals surface area contributed by atoms with Crippen molar-refractivity contribution in [3.63, 3.8) is 0 Å². The molecule has 2 aromatic carbocycles. The molecule has 0 saturated heterocycles. The van der Waals surface area contributed by atoms with Gasteiger partial charge in [0.15, 0.2) is 11.1 Å². The third-order valence-electron chi connectivity index (χ3n) is 3.98. The number of hydrogen-bond acceptors (Lipinski definition) is 4. The summed E-state index contributed by atoms with van der Waals surface area (Å²) in [5, 5.41) is 0. The van der Waals surface area contributed by atoms with E-state index in [-0.39, 0.29) is 17.9 Å². The Kier molecular flexibility index (Phi) is 8.83. The van der Waals surface area contributed by atoms with Gasteiger partial charge in [-0.25, -0.2) is 17.0 Å². The molecule has 1 atom stereocenters. The lowest BCUT2D eigenvalue weighted by atomic mass is 10.1. The van der Waals surface area contributed by atoms with Crippen molar-refractivity contribution in [3.8, 4) is 17.6 Å². The Morgan fingerprint density at radius 1 is 1.07 bits per heavy atom. The van der Waals surface area contributed by atoms with Crippen LogP contribution in [0.1, 0.15) is 29.5 Å². The molecule has 0 bridgehead atoms. The van der Waals surface area contributed by atoms with Crippen molar-refractivity contribution in [2.75, 3.05) is 24.4 Å². The van der Waals surface area contributed by atoms with Crippen LogP contribution in [0, 0.1) is 17.7 Å². The van der Waals surface area contributed by atoms with Gasteiger partial charge >= 0.3 is 0 Å². The smallest absolute Gasteiger partial charge is 0.153 e. The molecule has 0 heterocycles. The Morgan fingerprint density at radius 2 is 1.72 bits per heavy atom. The molecule has 0 aliphatic rings. The van der Waals surface area contributed by atoms with Crippen LogP contribution in [0.3, 0.4) is 0 Å². The van der Waals surface area contributed by atoms with Crippen LogP contribution in [0.25, 0.3) is 0 Å². The standard InChI is InChI=1S/C21H23FO5S2/c1-29(25,26)15-3-2-13-27-20-10-7-17(8-11-20)4-5-18-6-9-19(21(22)16-18)12-14-28(23)24/h6-11,16H,2-3,12-15H2,1H3,(H,23,24). The molecule has 0 amide bonds. The van der Waals surface area contributed by atoms with Crippen molar-refractivity contribution in [2.24, 2.45) is 0 Å². The Hall–Kier alpha value is -2.21. The first-order chi connectivity index (χ1) is 13.7. The molecule has 0 aromatic heterocycles. The molecule has 0 aliphatic heterocycles. The number of rotatable bonds is 9. The molecule has 2 aromatic rings. The topological polar surface area (TPSA) is 80.7 Å². The Labute approximate surface area is 173 Å². The van der Waals surface area contributed by atoms with E-state index in [4.69, 9.17) is 9.29 Å². The average Bonchev–Trinajstić information content (AvgIpc) is 2.65. The Balaban J connectivity index is 1.88. The lowest BCUT2D eigenvalue weighted by molar-refractivity contribution is 0.309. The minimum atomic E-state index is -2.93. The van der Waals surface area contributed by atoms with Gasteiger partial charge in [-0.2, -0.15) is 0 Å². The van der Waals surface area contributed by atoms with Gasteiger partial charge in [0.25, 0.3) is 0 Å². The lowest BCUT2D eigenvalue weighted by Crippen LogP contribution is -2.05. The second-order valence-corrected chi connectivity index (χ2v) is 9.85. The Morgan fingerprint density at radius 3 is 2.34 bits per heavy atom. The van der Waals surface area contributed by atoms with Crippen LogP contribution in [0.2, 0.25) is 0 Å². The molecule has 156 valence electrons. The largest absolute Gasteiger partial charge is 0.494 e. The fourth-order valence-corrected chi connectivity index (χ4v) is 3.58. The van der Waals surface area contributed by atoms with Gasteiger partial charge in [-0.15, -0.1) is 0 Å². The quantitative estimate of drug-likeness (QED) is 0.369. The molecule has 5 nitrogen and oxygen atoms in total. The Bertz CT molecular complexity index is 1010. The number of benzene rings is 2. The highest BCUT2D eigenvalue weighted by Crippen LogP contribution is 2.14. The molecular weight excluding hydrogens is 415 g/mol. The number of hydrogen-bond donors (Lipinski definition) is 1. The molecule has 1 N–H and O–H groups in total. The summed E-state index contributed by atoms with van der Waals surface area (Å²) in [6, 6.07) is 11.7. The summed E-state index contributed by atoms with van der Waals surface area (Å²) < 4.78 is 61.2. The number of unbranched alkanes of at least 4 members (excludes halogenated alkanes) is 1. The molecule has 29 heavy (non-hydrogen) atoms. The second kappa shape index (κ2) is 11.1. The molecule has 0 spiro atoms. The van der Waals surface area contributed by atoms with Gasteiger partial charge in [0.05, 0.1) is 18.1 Å². The predicted molar refractivity (Wildman–Crippen MR) is 113 cm³/mol. The van der Waals surface area contributed by atoms with Crippen molar-refractivity contribution in [3.05, 3.63) is 65.0 Å². The van der Waals surface area contributed by atoms with E-state index in [1.165, 1.54) is 12.3 Å². The van der Waals surface area contributed by atoms with E-state index < -0.39 is 26.7 Å². The molecule has 8 heteroatoms. The maximum atomic E-state index is 14.0. The van der Waals surface area contributed by atoms with Gasteiger partial charge in [0.1, 0.15) is 21.4 Å². The second-order valence-electron chi connectivity index (χ2n) is 6.54. The highest BCUT2D eigenvalue weighted by atomic mass is 32.2. The minimum absolute atomic E-state index is 0.00588. The third kappa shape index (κ3) is 9.22. The van der Waals surface area contributed by atoms with Crippen molar-refractivity contribution in [1.82, 2.24) is 0 Å². The van der Waals surface area contributed by atoms with E-state index in [0.717, 1.165) is 5.56 Å². The van der Waals surface area contributed by atoms with Gasteiger partial charge in [0.2, 0.25) is 0 Å². The first-order valence-electron chi connectivity index (χ1n) is 9.01. The van der Waals surface area contributed by atoms with Crippen molar-refractivity contribution >= 4 is 20.9 Å². The molecule has 1 unspecified atom stereocenters. The van der Waals surface area contributed by atoms with E-state index in [9.17, 15) is 17.0 Å². The molecule has 0 aliphatic carbocycles. The molecule has 0 radical (unpaired) electrons. The van der Waals surface area contributed by atoms with Crippen LogP contribution >= 0.6 is 0 Å². The van der Waals surface area contributed by atoms with Crippen LogP contribution < -0.4 is 4.74 Å². The summed E-state index contributed by atoms with van der Waals surface area (Å²) in [6.07, 6.45) is 2.63. The maximum Gasteiger partial charge on any atom is 0.153 e. The fourth-order valence-electron chi connectivity index (χ4n) is 2.46. The van der Waals surface area contributed by atoms with Crippen LogP contribution in [0.15, 0.2) is 42.5 Å². The zero-order chi connectivity index (χ0) is 21.3. The fraction of sp³-hybridized carbons (Fsp3) is 0.333. The number of ether oxygens (including phenoxy) is 1. The summed E-state index contributed by atoms with van der Waals surface area (Å²) in [7, 11) is -2.93. The van der Waals surface area contributed by atoms with Gasteiger partial charge in [-0.3, -0.25) is 0 Å². The summed E-state index contributed by atoms with van der Waals surface area (Å²) in [5.41, 5.74) is 1.65. The van der Waals surface area contributed by atoms with E-state index in [1.807, 2.05) is 0 Å². The minimum Gasteiger partial charge on any atom is -0.494 e.